The van der Waals surface area contributed by atoms with E-state index in [1.54, 1.807) is 0 Å². The third-order valence-corrected chi connectivity index (χ3v) is 3.34. The molecule has 0 aromatic heterocycles. The quantitative estimate of drug-likeness (QED) is 0.827. The van der Waals surface area contributed by atoms with Crippen LogP contribution in [0.5, 0.6) is 0 Å². The number of benzene rings is 1. The standard InChI is InChI=1S/C13H18BrNO/c1-10-7-15(8-11(2)16-10)9-12-3-5-13(14)6-4-12/h3-6,10-11H,7-9H2,1-2H3/t10-,11+. The summed E-state index contributed by atoms with van der Waals surface area (Å²) >= 11 is 3.46. The molecule has 88 valence electrons. The first-order chi connectivity index (χ1) is 7.63. The molecule has 0 spiro atoms. The minimum absolute atomic E-state index is 0.346. The van der Waals surface area contributed by atoms with Crippen LogP contribution in [0.4, 0.5) is 0 Å². The molecule has 2 rings (SSSR count). The van der Waals surface area contributed by atoms with E-state index in [1.807, 2.05) is 0 Å². The first kappa shape index (κ1) is 12.1. The van der Waals surface area contributed by atoms with E-state index in [9.17, 15) is 0 Å². The van der Waals surface area contributed by atoms with E-state index in [4.69, 9.17) is 4.74 Å². The molecule has 0 saturated carbocycles. The lowest BCUT2D eigenvalue weighted by Gasteiger charge is -2.35. The highest BCUT2D eigenvalue weighted by atomic mass is 79.9. The molecule has 0 aliphatic carbocycles. The molecule has 3 heteroatoms. The van der Waals surface area contributed by atoms with Crippen molar-refractivity contribution in [1.82, 2.24) is 4.90 Å². The molecule has 1 aromatic carbocycles. The smallest absolute Gasteiger partial charge is 0.0678 e. The van der Waals surface area contributed by atoms with Crippen molar-refractivity contribution in [2.75, 3.05) is 13.1 Å². The van der Waals surface area contributed by atoms with E-state index in [-0.39, 0.29) is 0 Å². The first-order valence-electron chi connectivity index (χ1n) is 5.76. The number of morpholine rings is 1. The summed E-state index contributed by atoms with van der Waals surface area (Å²) in [4.78, 5) is 2.46. The normalized spacial score (nSPS) is 26.9. The van der Waals surface area contributed by atoms with Gasteiger partial charge in [0.2, 0.25) is 0 Å². The Hall–Kier alpha value is -0.380. The van der Waals surface area contributed by atoms with Gasteiger partial charge in [-0.05, 0) is 31.5 Å². The van der Waals surface area contributed by atoms with Crippen LogP contribution in [0.25, 0.3) is 0 Å². The summed E-state index contributed by atoms with van der Waals surface area (Å²) < 4.78 is 6.86. The number of halogens is 1. The Morgan fingerprint density at radius 3 is 2.31 bits per heavy atom. The highest BCUT2D eigenvalue weighted by Gasteiger charge is 2.21. The third kappa shape index (κ3) is 3.30. The highest BCUT2D eigenvalue weighted by molar-refractivity contribution is 9.10. The van der Waals surface area contributed by atoms with Gasteiger partial charge in [0.05, 0.1) is 12.2 Å². The molecule has 0 radical (unpaired) electrons. The Balaban J connectivity index is 1.96. The zero-order valence-corrected chi connectivity index (χ0v) is 11.4. The molecule has 16 heavy (non-hydrogen) atoms. The van der Waals surface area contributed by atoms with Crippen molar-refractivity contribution in [2.24, 2.45) is 0 Å². The van der Waals surface area contributed by atoms with Gasteiger partial charge in [0, 0.05) is 24.1 Å². The van der Waals surface area contributed by atoms with Crippen molar-refractivity contribution in [2.45, 2.75) is 32.6 Å². The van der Waals surface area contributed by atoms with Gasteiger partial charge in [-0.25, -0.2) is 0 Å². The molecule has 0 bridgehead atoms. The average Bonchev–Trinajstić information content (AvgIpc) is 2.20. The average molecular weight is 284 g/mol. The fraction of sp³-hybridized carbons (Fsp3) is 0.538. The Morgan fingerprint density at radius 2 is 1.75 bits per heavy atom. The summed E-state index contributed by atoms with van der Waals surface area (Å²) in [7, 11) is 0. The maximum atomic E-state index is 5.72. The SMILES string of the molecule is C[C@@H]1CN(Cc2ccc(Br)cc2)C[C@H](C)O1. The van der Waals surface area contributed by atoms with Gasteiger partial charge in [-0.1, -0.05) is 28.1 Å². The fourth-order valence-corrected chi connectivity index (χ4v) is 2.53. The molecule has 0 N–H and O–H groups in total. The topological polar surface area (TPSA) is 12.5 Å². The minimum Gasteiger partial charge on any atom is -0.373 e. The van der Waals surface area contributed by atoms with Crippen LogP contribution in [0.3, 0.4) is 0 Å². The van der Waals surface area contributed by atoms with Crippen LogP contribution in [0.15, 0.2) is 28.7 Å². The predicted molar refractivity (Wildman–Crippen MR) is 69.4 cm³/mol. The summed E-state index contributed by atoms with van der Waals surface area (Å²) in [6, 6.07) is 8.55. The first-order valence-corrected chi connectivity index (χ1v) is 6.55. The Kier molecular flexibility index (Phi) is 4.00. The van der Waals surface area contributed by atoms with Gasteiger partial charge in [0.1, 0.15) is 0 Å². The second-order valence-corrected chi connectivity index (χ2v) is 5.49. The van der Waals surface area contributed by atoms with Crippen molar-refractivity contribution < 1.29 is 4.74 Å². The molecular weight excluding hydrogens is 266 g/mol. The second-order valence-electron chi connectivity index (χ2n) is 4.58. The van der Waals surface area contributed by atoms with E-state index in [0.717, 1.165) is 24.1 Å². The number of ether oxygens (including phenoxy) is 1. The van der Waals surface area contributed by atoms with Gasteiger partial charge in [0.15, 0.2) is 0 Å². The lowest BCUT2D eigenvalue weighted by Crippen LogP contribution is -2.44. The summed E-state index contributed by atoms with van der Waals surface area (Å²) in [5.41, 5.74) is 1.37. The molecule has 0 amide bonds. The van der Waals surface area contributed by atoms with Gasteiger partial charge in [-0.2, -0.15) is 0 Å². The van der Waals surface area contributed by atoms with E-state index in [0.29, 0.717) is 12.2 Å². The van der Waals surface area contributed by atoms with Gasteiger partial charge in [0.25, 0.3) is 0 Å². The largest absolute Gasteiger partial charge is 0.373 e. The number of hydrogen-bond acceptors (Lipinski definition) is 2. The molecular formula is C13H18BrNO. The number of rotatable bonds is 2. The molecule has 2 nitrogen and oxygen atoms in total. The van der Waals surface area contributed by atoms with E-state index in [1.165, 1.54) is 5.56 Å². The van der Waals surface area contributed by atoms with Crippen molar-refractivity contribution in [1.29, 1.82) is 0 Å². The van der Waals surface area contributed by atoms with Crippen LogP contribution < -0.4 is 0 Å². The lowest BCUT2D eigenvalue weighted by atomic mass is 10.1. The van der Waals surface area contributed by atoms with E-state index in [2.05, 4.69) is 58.9 Å². The van der Waals surface area contributed by atoms with Gasteiger partial charge in [-0.15, -0.1) is 0 Å². The van der Waals surface area contributed by atoms with Crippen molar-refractivity contribution in [3.8, 4) is 0 Å². The van der Waals surface area contributed by atoms with Gasteiger partial charge < -0.3 is 4.74 Å². The van der Waals surface area contributed by atoms with Crippen LogP contribution in [0.1, 0.15) is 19.4 Å². The van der Waals surface area contributed by atoms with Crippen LogP contribution in [0, 0.1) is 0 Å². The Bertz CT molecular complexity index is 328. The van der Waals surface area contributed by atoms with Crippen molar-refractivity contribution >= 4 is 15.9 Å². The summed E-state index contributed by atoms with van der Waals surface area (Å²) in [6.07, 6.45) is 0.693. The molecule has 1 aliphatic heterocycles. The summed E-state index contributed by atoms with van der Waals surface area (Å²) in [5.74, 6) is 0. The Labute approximate surface area is 106 Å². The molecule has 1 heterocycles. The maximum Gasteiger partial charge on any atom is 0.0678 e. The molecule has 1 aliphatic rings. The Morgan fingerprint density at radius 1 is 1.19 bits per heavy atom. The molecule has 0 unspecified atom stereocenters. The minimum atomic E-state index is 0.346. The zero-order valence-electron chi connectivity index (χ0n) is 9.82. The second kappa shape index (κ2) is 5.30. The predicted octanol–water partition coefficient (Wildman–Crippen LogP) is 3.06. The summed E-state index contributed by atoms with van der Waals surface area (Å²) in [5, 5.41) is 0. The van der Waals surface area contributed by atoms with Crippen LogP contribution in [0.2, 0.25) is 0 Å². The van der Waals surface area contributed by atoms with E-state index >= 15 is 0 Å². The monoisotopic (exact) mass is 283 g/mol. The van der Waals surface area contributed by atoms with E-state index < -0.39 is 0 Å². The molecule has 1 aromatic rings. The zero-order chi connectivity index (χ0) is 11.5. The van der Waals surface area contributed by atoms with Crippen LogP contribution >= 0.6 is 15.9 Å². The molecule has 1 saturated heterocycles. The van der Waals surface area contributed by atoms with Crippen LogP contribution in [-0.2, 0) is 11.3 Å². The fourth-order valence-electron chi connectivity index (χ4n) is 2.26. The maximum absolute atomic E-state index is 5.72. The highest BCUT2D eigenvalue weighted by Crippen LogP contribution is 2.16. The van der Waals surface area contributed by atoms with Gasteiger partial charge in [-0.3, -0.25) is 4.90 Å². The lowest BCUT2D eigenvalue weighted by molar-refractivity contribution is -0.0704. The molecule has 2 atom stereocenters. The number of hydrogen-bond donors (Lipinski definition) is 0. The third-order valence-electron chi connectivity index (χ3n) is 2.81. The summed E-state index contributed by atoms with van der Waals surface area (Å²) in [6.45, 7) is 7.36. The van der Waals surface area contributed by atoms with Gasteiger partial charge >= 0.3 is 0 Å². The number of nitrogens with zero attached hydrogens (tertiary/aromatic N) is 1. The van der Waals surface area contributed by atoms with Crippen molar-refractivity contribution in [3.63, 3.8) is 0 Å². The van der Waals surface area contributed by atoms with Crippen molar-refractivity contribution in [3.05, 3.63) is 34.3 Å². The van der Waals surface area contributed by atoms with Crippen LogP contribution in [-0.4, -0.2) is 30.2 Å². The molecule has 1 fully saturated rings.